The van der Waals surface area contributed by atoms with E-state index in [9.17, 15) is 0 Å². The van der Waals surface area contributed by atoms with E-state index in [0.717, 1.165) is 0 Å². The van der Waals surface area contributed by atoms with Gasteiger partial charge in [0.05, 0.1) is 31.8 Å². The van der Waals surface area contributed by atoms with Crippen LogP contribution in [0.5, 0.6) is 0 Å². The molecule has 116 valence electrons. The number of hydrogen-bond donors (Lipinski definition) is 7. The van der Waals surface area contributed by atoms with Crippen molar-refractivity contribution in [1.82, 2.24) is 0 Å². The highest BCUT2D eigenvalue weighted by Gasteiger charge is 2.26. The standard InChI is InChI=1S/C5H12O4.3C2H6O/c6-1-5(2-7,3-8)4-9;3*1-2-3/h6-9H,1-4H2;3*3H,2H2,1H3. The molecule has 0 fully saturated rings. The molecule has 18 heavy (non-hydrogen) atoms. The molecule has 0 aromatic carbocycles. The Morgan fingerprint density at radius 3 is 0.611 bits per heavy atom. The Hall–Kier alpha value is -0.280. The van der Waals surface area contributed by atoms with Crippen LogP contribution in [0.2, 0.25) is 0 Å². The third kappa shape index (κ3) is 24.8. The lowest BCUT2D eigenvalue weighted by atomic mass is 9.93. The molecule has 0 saturated carbocycles. The van der Waals surface area contributed by atoms with Gasteiger partial charge < -0.3 is 35.7 Å². The Labute approximate surface area is 109 Å². The first-order chi connectivity index (χ1) is 8.49. The summed E-state index contributed by atoms with van der Waals surface area (Å²) in [4.78, 5) is 0. The van der Waals surface area contributed by atoms with E-state index in [4.69, 9.17) is 35.7 Å². The van der Waals surface area contributed by atoms with E-state index in [1.54, 1.807) is 20.8 Å². The van der Waals surface area contributed by atoms with Crippen molar-refractivity contribution < 1.29 is 35.7 Å². The van der Waals surface area contributed by atoms with Crippen molar-refractivity contribution in [2.75, 3.05) is 46.2 Å². The first kappa shape index (κ1) is 26.3. The number of aliphatic hydroxyl groups is 7. The second-order valence-electron chi connectivity index (χ2n) is 3.08. The largest absolute Gasteiger partial charge is 0.397 e. The van der Waals surface area contributed by atoms with Crippen LogP contribution in [0.15, 0.2) is 0 Å². The summed E-state index contributed by atoms with van der Waals surface area (Å²) in [5, 5.41) is 56.7. The van der Waals surface area contributed by atoms with E-state index < -0.39 is 31.8 Å². The number of aliphatic hydroxyl groups excluding tert-OH is 7. The molecule has 0 aliphatic rings. The fourth-order valence-corrected chi connectivity index (χ4v) is 0.300. The third-order valence-corrected chi connectivity index (χ3v) is 1.34. The number of rotatable bonds is 4. The summed E-state index contributed by atoms with van der Waals surface area (Å²) >= 11 is 0. The summed E-state index contributed by atoms with van der Waals surface area (Å²) in [5.41, 5.74) is -1.11. The zero-order valence-corrected chi connectivity index (χ0v) is 11.6. The third-order valence-electron chi connectivity index (χ3n) is 1.34. The summed E-state index contributed by atoms with van der Waals surface area (Å²) in [6.45, 7) is 4.17. The van der Waals surface area contributed by atoms with Crippen molar-refractivity contribution in [3.63, 3.8) is 0 Å². The van der Waals surface area contributed by atoms with Gasteiger partial charge in [-0.1, -0.05) is 0 Å². The van der Waals surface area contributed by atoms with Crippen molar-refractivity contribution in [1.29, 1.82) is 0 Å². The predicted octanol–water partition coefficient (Wildman–Crippen LogP) is -2.06. The highest BCUT2D eigenvalue weighted by molar-refractivity contribution is 4.74. The van der Waals surface area contributed by atoms with Crippen molar-refractivity contribution in [3.05, 3.63) is 0 Å². The van der Waals surface area contributed by atoms with E-state index in [1.165, 1.54) is 0 Å². The zero-order chi connectivity index (χ0) is 15.4. The van der Waals surface area contributed by atoms with Crippen LogP contribution in [-0.4, -0.2) is 82.0 Å². The molecule has 0 amide bonds. The van der Waals surface area contributed by atoms with Gasteiger partial charge in [0.2, 0.25) is 0 Å². The van der Waals surface area contributed by atoms with Crippen molar-refractivity contribution in [2.24, 2.45) is 5.41 Å². The summed E-state index contributed by atoms with van der Waals surface area (Å²) < 4.78 is 0. The first-order valence-corrected chi connectivity index (χ1v) is 5.75. The Morgan fingerprint density at radius 2 is 0.611 bits per heavy atom. The Morgan fingerprint density at radius 1 is 0.500 bits per heavy atom. The second-order valence-corrected chi connectivity index (χ2v) is 3.08. The molecule has 0 spiro atoms. The van der Waals surface area contributed by atoms with Gasteiger partial charge in [-0.15, -0.1) is 0 Å². The predicted molar refractivity (Wildman–Crippen MR) is 69.1 cm³/mol. The lowest BCUT2D eigenvalue weighted by Gasteiger charge is -2.23. The van der Waals surface area contributed by atoms with Gasteiger partial charge in [-0.2, -0.15) is 0 Å². The van der Waals surface area contributed by atoms with Crippen molar-refractivity contribution >= 4 is 0 Å². The van der Waals surface area contributed by atoms with Crippen LogP contribution in [0.4, 0.5) is 0 Å². The van der Waals surface area contributed by atoms with Crippen LogP contribution in [0.1, 0.15) is 20.8 Å². The first-order valence-electron chi connectivity index (χ1n) is 5.75. The van der Waals surface area contributed by atoms with Crippen LogP contribution < -0.4 is 0 Å². The maximum absolute atomic E-state index is 8.50. The Bertz CT molecular complexity index is 85.3. The summed E-state index contributed by atoms with van der Waals surface area (Å²) in [7, 11) is 0. The van der Waals surface area contributed by atoms with E-state index in [0.29, 0.717) is 0 Å². The summed E-state index contributed by atoms with van der Waals surface area (Å²) in [5.74, 6) is 0. The molecule has 0 bridgehead atoms. The van der Waals surface area contributed by atoms with Gasteiger partial charge in [-0.25, -0.2) is 0 Å². The summed E-state index contributed by atoms with van der Waals surface area (Å²) in [6, 6.07) is 0. The van der Waals surface area contributed by atoms with Gasteiger partial charge in [0.25, 0.3) is 0 Å². The van der Waals surface area contributed by atoms with E-state index >= 15 is 0 Å². The monoisotopic (exact) mass is 274 g/mol. The Kier molecular flexibility index (Phi) is 37.3. The minimum Gasteiger partial charge on any atom is -0.397 e. The minimum atomic E-state index is -1.11. The molecule has 0 aliphatic carbocycles. The van der Waals surface area contributed by atoms with Crippen LogP contribution in [-0.2, 0) is 0 Å². The van der Waals surface area contributed by atoms with Crippen LogP contribution in [0.3, 0.4) is 0 Å². The molecule has 0 heterocycles. The lowest BCUT2D eigenvalue weighted by molar-refractivity contribution is -0.0328. The van der Waals surface area contributed by atoms with Crippen LogP contribution in [0.25, 0.3) is 0 Å². The molecular weight excluding hydrogens is 244 g/mol. The topological polar surface area (TPSA) is 142 Å². The SMILES string of the molecule is CCO.CCO.CCO.OCC(CO)(CO)CO. The summed E-state index contributed by atoms with van der Waals surface area (Å²) in [6.07, 6.45) is 0. The van der Waals surface area contributed by atoms with Crippen molar-refractivity contribution in [3.8, 4) is 0 Å². The molecule has 0 aromatic heterocycles. The lowest BCUT2D eigenvalue weighted by Crippen LogP contribution is -2.37. The number of hydrogen-bond acceptors (Lipinski definition) is 7. The fourth-order valence-electron chi connectivity index (χ4n) is 0.300. The molecule has 0 aromatic rings. The molecule has 0 atom stereocenters. The molecular formula is C11H30O7. The smallest absolute Gasteiger partial charge is 0.0627 e. The highest BCUT2D eigenvalue weighted by atomic mass is 16.3. The molecule has 0 radical (unpaired) electrons. The zero-order valence-electron chi connectivity index (χ0n) is 11.6. The molecule has 0 rings (SSSR count). The molecule has 0 saturated heterocycles. The van der Waals surface area contributed by atoms with Crippen LogP contribution >= 0.6 is 0 Å². The molecule has 7 heteroatoms. The normalized spacial score (nSPS) is 9.00. The average Bonchev–Trinajstić information content (AvgIpc) is 2.36. The van der Waals surface area contributed by atoms with Gasteiger partial charge in [-0.3, -0.25) is 0 Å². The average molecular weight is 274 g/mol. The maximum Gasteiger partial charge on any atom is 0.0627 e. The molecule has 7 nitrogen and oxygen atoms in total. The minimum absolute atomic E-state index is 0.250. The Balaban J connectivity index is -0.0000000902. The van der Waals surface area contributed by atoms with Crippen molar-refractivity contribution in [2.45, 2.75) is 20.8 Å². The van der Waals surface area contributed by atoms with Gasteiger partial charge >= 0.3 is 0 Å². The maximum atomic E-state index is 8.50. The molecule has 7 N–H and O–H groups in total. The highest BCUT2D eigenvalue weighted by Crippen LogP contribution is 2.11. The van der Waals surface area contributed by atoms with E-state index in [2.05, 4.69) is 0 Å². The van der Waals surface area contributed by atoms with E-state index in [1.807, 2.05) is 0 Å². The quantitative estimate of drug-likeness (QED) is 0.312. The van der Waals surface area contributed by atoms with Gasteiger partial charge in [0.15, 0.2) is 0 Å². The van der Waals surface area contributed by atoms with Gasteiger partial charge in [0, 0.05) is 19.8 Å². The van der Waals surface area contributed by atoms with Crippen LogP contribution in [0, 0.1) is 5.41 Å². The fraction of sp³-hybridized carbons (Fsp3) is 1.00. The van der Waals surface area contributed by atoms with E-state index in [-0.39, 0.29) is 19.8 Å². The van der Waals surface area contributed by atoms with Gasteiger partial charge in [0.1, 0.15) is 0 Å². The molecule has 0 unspecified atom stereocenters. The van der Waals surface area contributed by atoms with Gasteiger partial charge in [-0.05, 0) is 20.8 Å². The molecule has 0 aliphatic heterocycles. The second kappa shape index (κ2) is 25.5.